The highest BCUT2D eigenvalue weighted by Gasteiger charge is 2.20. The summed E-state index contributed by atoms with van der Waals surface area (Å²) in [6.07, 6.45) is 0. The summed E-state index contributed by atoms with van der Waals surface area (Å²) in [6.45, 7) is 0. The van der Waals surface area contributed by atoms with E-state index in [1.54, 1.807) is 48.5 Å². The van der Waals surface area contributed by atoms with Crippen molar-refractivity contribution in [1.29, 1.82) is 0 Å². The fraction of sp³-hybridized carbons (Fsp3) is 0. The molecule has 0 radical (unpaired) electrons. The van der Waals surface area contributed by atoms with Crippen LogP contribution >= 0.6 is 0 Å². The number of para-hydroxylation sites is 1. The van der Waals surface area contributed by atoms with Gasteiger partial charge < -0.3 is 4.42 Å². The van der Waals surface area contributed by atoms with Gasteiger partial charge in [-0.1, -0.05) is 133 Å². The SMILES string of the molecule is [2H]c1c([2H])c([2H])c(-c2c([2H])c(-c3c4ccccc4c(-c4c([2H])c([2H])c5c([2H])c([2H])c([2H])c([2H])c5c4[2H])c4ccccc34)c([2H])c3oc4c([2H])c([2H])c([2H])c([2H])c4c23)c([2H])c1[2H]. The molecule has 8 aromatic carbocycles. The third-order valence-corrected chi connectivity index (χ3v) is 7.50. The summed E-state index contributed by atoms with van der Waals surface area (Å²) in [5.74, 6) is 0. The maximum atomic E-state index is 9.96. The van der Waals surface area contributed by atoms with E-state index in [0.717, 1.165) is 0 Å². The van der Waals surface area contributed by atoms with Crippen molar-refractivity contribution in [3.63, 3.8) is 0 Å². The maximum absolute atomic E-state index is 9.96. The first kappa shape index (κ1) is 12.3. The molecule has 0 aliphatic rings. The molecular weight excluding hydrogens is 520 g/mol. The Bertz CT molecular complexity index is 3430. The summed E-state index contributed by atoms with van der Waals surface area (Å²) in [7, 11) is 0. The molecule has 9 aromatic rings. The first-order chi connectivity index (χ1) is 28.8. The molecule has 1 aromatic heterocycles. The van der Waals surface area contributed by atoms with E-state index in [1.807, 2.05) is 0 Å². The number of fused-ring (bicyclic) bond motifs is 6. The van der Waals surface area contributed by atoms with Crippen LogP contribution in [-0.4, -0.2) is 0 Å². The Hall–Kier alpha value is -5.66. The molecular formula is C42H26O. The Labute approximate surface area is 274 Å². The predicted octanol–water partition coefficient (Wildman–Crippen LogP) is 12.0. The summed E-state index contributed by atoms with van der Waals surface area (Å²) >= 11 is 0. The summed E-state index contributed by atoms with van der Waals surface area (Å²) < 4.78 is 165. The monoisotopic (exact) mass is 564 g/mol. The second-order valence-corrected chi connectivity index (χ2v) is 9.85. The topological polar surface area (TPSA) is 13.1 Å². The fourth-order valence-corrected chi connectivity index (χ4v) is 5.74. The zero-order chi connectivity index (χ0) is 44.0. The van der Waals surface area contributed by atoms with Crippen LogP contribution in [-0.2, 0) is 0 Å². The van der Waals surface area contributed by atoms with Crippen LogP contribution in [0.15, 0.2) is 162 Å². The molecule has 200 valence electrons. The average molecular weight is 565 g/mol. The largest absolute Gasteiger partial charge is 0.456 e. The Morgan fingerprint density at radius 1 is 0.419 bits per heavy atom. The molecule has 0 atom stereocenters. The van der Waals surface area contributed by atoms with E-state index in [9.17, 15) is 5.48 Å². The number of hydrogen-bond donors (Lipinski definition) is 0. The summed E-state index contributed by atoms with van der Waals surface area (Å²) in [5.41, 5.74) is -1.39. The minimum absolute atomic E-state index is 0.116. The lowest BCUT2D eigenvalue weighted by molar-refractivity contribution is 0.669. The molecule has 0 saturated heterocycles. The molecule has 0 aliphatic carbocycles. The average Bonchev–Trinajstić information content (AvgIpc) is 3.65. The zero-order valence-electron chi connectivity index (χ0n) is 40.0. The molecule has 1 heteroatoms. The van der Waals surface area contributed by atoms with Gasteiger partial charge in [0.25, 0.3) is 0 Å². The van der Waals surface area contributed by atoms with Crippen LogP contribution in [0, 0.1) is 0 Å². The van der Waals surface area contributed by atoms with Gasteiger partial charge in [0, 0.05) is 10.8 Å². The summed E-state index contributed by atoms with van der Waals surface area (Å²) in [4.78, 5) is 0. The Morgan fingerprint density at radius 2 is 1.02 bits per heavy atom. The highest BCUT2D eigenvalue weighted by molar-refractivity contribution is 6.23. The van der Waals surface area contributed by atoms with Crippen molar-refractivity contribution in [3.05, 3.63) is 157 Å². The molecule has 0 saturated carbocycles. The van der Waals surface area contributed by atoms with Gasteiger partial charge >= 0.3 is 0 Å². The lowest BCUT2D eigenvalue weighted by atomic mass is 9.84. The first-order valence-corrected chi connectivity index (χ1v) is 13.3. The molecule has 0 N–H and O–H groups in total. The van der Waals surface area contributed by atoms with Crippen LogP contribution in [0.1, 0.15) is 24.7 Å². The molecule has 9 rings (SSSR count). The Morgan fingerprint density at radius 3 is 1.74 bits per heavy atom. The number of furan rings is 1. The molecule has 43 heavy (non-hydrogen) atoms. The van der Waals surface area contributed by atoms with Gasteiger partial charge in [-0.05, 0) is 89.9 Å². The molecule has 1 nitrogen and oxygen atoms in total. The molecule has 0 bridgehead atoms. The van der Waals surface area contributed by atoms with E-state index in [1.165, 1.54) is 0 Å². The molecule has 0 spiro atoms. The highest BCUT2D eigenvalue weighted by Crippen LogP contribution is 2.47. The van der Waals surface area contributed by atoms with Gasteiger partial charge in [0.1, 0.15) is 11.2 Å². The van der Waals surface area contributed by atoms with Crippen LogP contribution < -0.4 is 0 Å². The van der Waals surface area contributed by atoms with Gasteiger partial charge in [0.15, 0.2) is 0 Å². The summed E-state index contributed by atoms with van der Waals surface area (Å²) in [5, 5.41) is 0.299. The lowest BCUT2D eigenvalue weighted by Gasteiger charge is -2.18. The quantitative estimate of drug-likeness (QED) is 0.195. The number of hydrogen-bond acceptors (Lipinski definition) is 1. The standard InChI is InChI=1S/C42H26O/c1-2-13-28(14-3-1)37-25-31(26-39-42(37)36-20-10-11-21-38(36)43-39)41-34-18-8-6-16-32(34)40(33-17-7-9-19-35(33)41)30-23-22-27-12-4-5-15-29(27)24-30/h1-26H/i1D,2D,3D,4D,5D,10D,11D,12D,13D,14D,15D,20D,21D,22D,23D,24D,25D,26D. The third kappa shape index (κ3) is 3.72. The molecule has 0 aliphatic heterocycles. The van der Waals surface area contributed by atoms with Crippen molar-refractivity contribution >= 4 is 54.3 Å². The maximum Gasteiger partial charge on any atom is 0.136 e. The lowest BCUT2D eigenvalue weighted by Crippen LogP contribution is -1.91. The van der Waals surface area contributed by atoms with Crippen LogP contribution in [0.4, 0.5) is 0 Å². The van der Waals surface area contributed by atoms with Crippen LogP contribution in [0.3, 0.4) is 0 Å². The van der Waals surface area contributed by atoms with E-state index in [0.29, 0.717) is 21.5 Å². The van der Waals surface area contributed by atoms with Gasteiger partial charge in [-0.25, -0.2) is 0 Å². The van der Waals surface area contributed by atoms with Crippen molar-refractivity contribution in [2.24, 2.45) is 0 Å². The third-order valence-electron chi connectivity index (χ3n) is 7.50. The summed E-state index contributed by atoms with van der Waals surface area (Å²) in [6, 6.07) is 2.36. The fourth-order valence-electron chi connectivity index (χ4n) is 5.74. The van der Waals surface area contributed by atoms with E-state index < -0.39 is 114 Å². The minimum atomic E-state index is -0.735. The van der Waals surface area contributed by atoms with Gasteiger partial charge in [0.05, 0.1) is 24.7 Å². The van der Waals surface area contributed by atoms with Crippen molar-refractivity contribution in [2.75, 3.05) is 0 Å². The van der Waals surface area contributed by atoms with Crippen molar-refractivity contribution in [1.82, 2.24) is 0 Å². The zero-order valence-corrected chi connectivity index (χ0v) is 22.0. The van der Waals surface area contributed by atoms with Crippen molar-refractivity contribution < 1.29 is 29.1 Å². The van der Waals surface area contributed by atoms with Crippen molar-refractivity contribution in [2.45, 2.75) is 0 Å². The molecule has 0 amide bonds. The normalized spacial score (nSPS) is 17.6. The van der Waals surface area contributed by atoms with Gasteiger partial charge in [-0.15, -0.1) is 0 Å². The Balaban J connectivity index is 1.53. The number of benzene rings is 8. The minimum Gasteiger partial charge on any atom is -0.456 e. The Kier molecular flexibility index (Phi) is 2.70. The predicted molar refractivity (Wildman–Crippen MR) is 183 cm³/mol. The molecule has 1 heterocycles. The van der Waals surface area contributed by atoms with E-state index in [-0.39, 0.29) is 60.5 Å². The number of rotatable bonds is 3. The van der Waals surface area contributed by atoms with Crippen LogP contribution in [0.5, 0.6) is 0 Å². The van der Waals surface area contributed by atoms with Gasteiger partial charge in [-0.2, -0.15) is 0 Å². The van der Waals surface area contributed by atoms with E-state index >= 15 is 0 Å². The van der Waals surface area contributed by atoms with Gasteiger partial charge in [-0.3, -0.25) is 0 Å². The second-order valence-electron chi connectivity index (χ2n) is 9.85. The second kappa shape index (κ2) is 9.44. The van der Waals surface area contributed by atoms with Crippen LogP contribution in [0.2, 0.25) is 0 Å². The smallest absolute Gasteiger partial charge is 0.136 e. The highest BCUT2D eigenvalue weighted by atomic mass is 16.3. The van der Waals surface area contributed by atoms with Crippen LogP contribution in [0.25, 0.3) is 87.6 Å². The van der Waals surface area contributed by atoms with Gasteiger partial charge in [0.2, 0.25) is 0 Å². The van der Waals surface area contributed by atoms with E-state index in [2.05, 4.69) is 0 Å². The van der Waals surface area contributed by atoms with Crippen molar-refractivity contribution in [3.8, 4) is 33.4 Å². The first-order valence-electron chi connectivity index (χ1n) is 22.3. The van der Waals surface area contributed by atoms with E-state index in [4.69, 9.17) is 23.6 Å². The molecule has 0 unspecified atom stereocenters. The molecule has 0 fully saturated rings.